The Balaban J connectivity index is 1.96. The van der Waals surface area contributed by atoms with Gasteiger partial charge in [-0.25, -0.2) is 0 Å². The van der Waals surface area contributed by atoms with Gasteiger partial charge in [-0.2, -0.15) is 0 Å². The lowest BCUT2D eigenvalue weighted by atomic mass is 10.2. The van der Waals surface area contributed by atoms with Crippen LogP contribution < -0.4 is 11.1 Å². The van der Waals surface area contributed by atoms with Crippen molar-refractivity contribution in [1.29, 1.82) is 0 Å². The molecule has 1 aromatic carbocycles. The minimum absolute atomic E-state index is 0.0810. The maximum absolute atomic E-state index is 12.0. The fraction of sp³-hybridized carbons (Fsp3) is 0.357. The van der Waals surface area contributed by atoms with Crippen LogP contribution in [0.1, 0.15) is 25.5 Å². The Labute approximate surface area is 128 Å². The van der Waals surface area contributed by atoms with Crippen LogP contribution in [0.3, 0.4) is 0 Å². The highest BCUT2D eigenvalue weighted by Crippen LogP contribution is 2.22. The van der Waals surface area contributed by atoms with E-state index in [1.807, 2.05) is 49.6 Å². The molecule has 21 heavy (non-hydrogen) atoms. The monoisotopic (exact) mass is 305 g/mol. The molecule has 1 aromatic heterocycles. The first-order chi connectivity index (χ1) is 9.97. The van der Waals surface area contributed by atoms with Crippen LogP contribution in [0.15, 0.2) is 29.4 Å². The highest BCUT2D eigenvalue weighted by Gasteiger charge is 2.14. The molecular formula is C14H19N5OS. The van der Waals surface area contributed by atoms with Crippen molar-refractivity contribution in [2.45, 2.75) is 32.0 Å². The van der Waals surface area contributed by atoms with Crippen molar-refractivity contribution in [3.05, 3.63) is 29.8 Å². The molecule has 2 aromatic rings. The van der Waals surface area contributed by atoms with Crippen LogP contribution in [0.25, 0.3) is 0 Å². The zero-order valence-electron chi connectivity index (χ0n) is 12.3. The Bertz CT molecular complexity index is 638. The molecule has 0 atom stereocenters. The number of anilines is 2. The average molecular weight is 305 g/mol. The molecule has 0 bridgehead atoms. The van der Waals surface area contributed by atoms with E-state index < -0.39 is 0 Å². The summed E-state index contributed by atoms with van der Waals surface area (Å²) in [6.45, 7) is 5.98. The summed E-state index contributed by atoms with van der Waals surface area (Å²) in [7, 11) is 0. The molecule has 0 unspecified atom stereocenters. The maximum atomic E-state index is 12.0. The average Bonchev–Trinajstić information content (AvgIpc) is 2.77. The summed E-state index contributed by atoms with van der Waals surface area (Å²) in [5, 5.41) is 11.4. The van der Waals surface area contributed by atoms with Gasteiger partial charge in [0.1, 0.15) is 0 Å². The molecule has 0 aliphatic heterocycles. The first-order valence-electron chi connectivity index (χ1n) is 6.67. The second-order valence-corrected chi connectivity index (χ2v) is 5.95. The van der Waals surface area contributed by atoms with Gasteiger partial charge in [0.2, 0.25) is 11.9 Å². The molecule has 0 radical (unpaired) electrons. The van der Waals surface area contributed by atoms with Gasteiger partial charge < -0.3 is 11.1 Å². The predicted octanol–water partition coefficient (Wildman–Crippen LogP) is 2.48. The van der Waals surface area contributed by atoms with Crippen molar-refractivity contribution in [2.24, 2.45) is 0 Å². The van der Waals surface area contributed by atoms with Crippen LogP contribution in [-0.2, 0) is 4.79 Å². The number of aryl methyl sites for hydroxylation is 1. The number of rotatable bonds is 5. The van der Waals surface area contributed by atoms with Crippen molar-refractivity contribution in [2.75, 3.05) is 16.8 Å². The summed E-state index contributed by atoms with van der Waals surface area (Å²) in [5.41, 5.74) is 7.67. The van der Waals surface area contributed by atoms with Crippen LogP contribution in [-0.4, -0.2) is 26.4 Å². The molecule has 6 nitrogen and oxygen atoms in total. The van der Waals surface area contributed by atoms with E-state index >= 15 is 0 Å². The van der Waals surface area contributed by atoms with Gasteiger partial charge in [0.25, 0.3) is 0 Å². The van der Waals surface area contributed by atoms with Crippen LogP contribution in [0, 0.1) is 6.92 Å². The zero-order valence-corrected chi connectivity index (χ0v) is 13.1. The Morgan fingerprint density at radius 3 is 2.86 bits per heavy atom. The van der Waals surface area contributed by atoms with Crippen molar-refractivity contribution in [3.63, 3.8) is 0 Å². The van der Waals surface area contributed by atoms with Crippen LogP contribution in [0.2, 0.25) is 0 Å². The normalized spacial score (nSPS) is 10.9. The van der Waals surface area contributed by atoms with Gasteiger partial charge in [-0.3, -0.25) is 9.36 Å². The molecule has 1 heterocycles. The molecule has 7 heteroatoms. The lowest BCUT2D eigenvalue weighted by Gasteiger charge is -2.11. The summed E-state index contributed by atoms with van der Waals surface area (Å²) in [6.07, 6.45) is 0. The Morgan fingerprint density at radius 1 is 1.43 bits per heavy atom. The van der Waals surface area contributed by atoms with Crippen molar-refractivity contribution < 1.29 is 4.79 Å². The lowest BCUT2D eigenvalue weighted by molar-refractivity contribution is -0.113. The topological polar surface area (TPSA) is 85.8 Å². The van der Waals surface area contributed by atoms with E-state index in [0.717, 1.165) is 11.3 Å². The smallest absolute Gasteiger partial charge is 0.234 e. The third-order valence-electron chi connectivity index (χ3n) is 2.84. The highest BCUT2D eigenvalue weighted by molar-refractivity contribution is 7.99. The van der Waals surface area contributed by atoms with Crippen molar-refractivity contribution in [3.8, 4) is 0 Å². The first kappa shape index (κ1) is 15.4. The fourth-order valence-corrected chi connectivity index (χ4v) is 2.80. The summed E-state index contributed by atoms with van der Waals surface area (Å²) < 4.78 is 1.81. The van der Waals surface area contributed by atoms with Crippen molar-refractivity contribution >= 4 is 29.3 Å². The van der Waals surface area contributed by atoms with Gasteiger partial charge >= 0.3 is 0 Å². The predicted molar refractivity (Wildman–Crippen MR) is 85.4 cm³/mol. The van der Waals surface area contributed by atoms with Gasteiger partial charge in [-0.15, -0.1) is 10.2 Å². The third kappa shape index (κ3) is 3.98. The number of nitrogens with one attached hydrogen (secondary N) is 1. The van der Waals surface area contributed by atoms with E-state index in [4.69, 9.17) is 5.73 Å². The molecule has 0 spiro atoms. The molecule has 112 valence electrons. The molecule has 0 fully saturated rings. The van der Waals surface area contributed by atoms with E-state index in [1.54, 1.807) is 0 Å². The SMILES string of the molecule is Cc1cccc(NC(=O)CSc2nnc(N)n2C(C)C)c1. The fourth-order valence-electron chi connectivity index (χ4n) is 1.92. The quantitative estimate of drug-likeness (QED) is 0.829. The number of nitrogen functional groups attached to an aromatic ring is 1. The number of nitrogens with two attached hydrogens (primary N) is 1. The van der Waals surface area contributed by atoms with E-state index in [9.17, 15) is 4.79 Å². The van der Waals surface area contributed by atoms with Crippen LogP contribution in [0.5, 0.6) is 0 Å². The van der Waals surface area contributed by atoms with Gasteiger partial charge in [0, 0.05) is 11.7 Å². The number of benzene rings is 1. The van der Waals surface area contributed by atoms with Gasteiger partial charge in [0.05, 0.1) is 5.75 Å². The number of nitrogens with zero attached hydrogens (tertiary/aromatic N) is 3. The molecular weight excluding hydrogens is 286 g/mol. The van der Waals surface area contributed by atoms with E-state index in [1.165, 1.54) is 11.8 Å². The molecule has 3 N–H and O–H groups in total. The molecule has 0 aliphatic carbocycles. The van der Waals surface area contributed by atoms with Gasteiger partial charge in [-0.05, 0) is 38.5 Å². The maximum Gasteiger partial charge on any atom is 0.234 e. The molecule has 0 saturated carbocycles. The Morgan fingerprint density at radius 2 is 2.19 bits per heavy atom. The second-order valence-electron chi connectivity index (χ2n) is 5.01. The summed E-state index contributed by atoms with van der Waals surface area (Å²) >= 11 is 1.33. The highest BCUT2D eigenvalue weighted by atomic mass is 32.2. The lowest BCUT2D eigenvalue weighted by Crippen LogP contribution is -2.15. The van der Waals surface area contributed by atoms with Gasteiger partial charge in [-0.1, -0.05) is 23.9 Å². The van der Waals surface area contributed by atoms with E-state index in [-0.39, 0.29) is 17.7 Å². The third-order valence-corrected chi connectivity index (χ3v) is 3.78. The Hall–Kier alpha value is -2.02. The number of aromatic nitrogens is 3. The Kier molecular flexibility index (Phi) is 4.85. The zero-order chi connectivity index (χ0) is 15.4. The summed E-state index contributed by atoms with van der Waals surface area (Å²) in [6, 6.07) is 7.84. The van der Waals surface area contributed by atoms with Crippen molar-refractivity contribution in [1.82, 2.24) is 14.8 Å². The number of hydrogen-bond donors (Lipinski definition) is 2. The molecule has 0 aliphatic rings. The number of thioether (sulfide) groups is 1. The number of carbonyl (C=O) groups excluding carboxylic acids is 1. The number of hydrogen-bond acceptors (Lipinski definition) is 5. The summed E-state index contributed by atoms with van der Waals surface area (Å²) in [5.74, 6) is 0.549. The van der Waals surface area contributed by atoms with Gasteiger partial charge in [0.15, 0.2) is 5.16 Å². The molecule has 1 amide bonds. The van der Waals surface area contributed by atoms with Crippen LogP contribution >= 0.6 is 11.8 Å². The summed E-state index contributed by atoms with van der Waals surface area (Å²) in [4.78, 5) is 12.0. The second kappa shape index (κ2) is 6.62. The number of carbonyl (C=O) groups is 1. The standard InChI is InChI=1S/C14H19N5OS/c1-9(2)19-13(15)17-18-14(19)21-8-12(20)16-11-6-4-5-10(3)7-11/h4-7,9H,8H2,1-3H3,(H2,15,17)(H,16,20). The molecule has 2 rings (SSSR count). The van der Waals surface area contributed by atoms with E-state index in [0.29, 0.717) is 11.1 Å². The van der Waals surface area contributed by atoms with E-state index in [2.05, 4.69) is 15.5 Å². The minimum atomic E-state index is -0.0810. The molecule has 0 saturated heterocycles. The van der Waals surface area contributed by atoms with Crippen LogP contribution in [0.4, 0.5) is 11.6 Å². The first-order valence-corrected chi connectivity index (χ1v) is 7.65. The minimum Gasteiger partial charge on any atom is -0.368 e. The largest absolute Gasteiger partial charge is 0.368 e. The number of amides is 1.